The Kier molecular flexibility index (Phi) is 4.76. The molecular formula is C23H20N2O4. The van der Waals surface area contributed by atoms with Gasteiger partial charge in [0.25, 0.3) is 17.7 Å². The molecule has 1 aliphatic heterocycles. The van der Waals surface area contributed by atoms with Crippen molar-refractivity contribution in [2.24, 2.45) is 0 Å². The molecule has 0 saturated heterocycles. The van der Waals surface area contributed by atoms with Crippen LogP contribution in [-0.4, -0.2) is 29.2 Å². The minimum absolute atomic E-state index is 0.0624. The van der Waals surface area contributed by atoms with Crippen molar-refractivity contribution in [3.05, 3.63) is 88.9 Å². The summed E-state index contributed by atoms with van der Waals surface area (Å²) in [5.74, 6) is -0.497. The van der Waals surface area contributed by atoms with Gasteiger partial charge in [-0.3, -0.25) is 19.3 Å². The van der Waals surface area contributed by atoms with Crippen LogP contribution < -0.4 is 4.90 Å². The fourth-order valence-electron chi connectivity index (χ4n) is 3.57. The molecule has 0 radical (unpaired) electrons. The monoisotopic (exact) mass is 388 g/mol. The summed E-state index contributed by atoms with van der Waals surface area (Å²) >= 11 is 0. The van der Waals surface area contributed by atoms with Gasteiger partial charge in [0.15, 0.2) is 0 Å². The zero-order chi connectivity index (χ0) is 20.5. The number of amides is 3. The van der Waals surface area contributed by atoms with Gasteiger partial charge in [-0.25, -0.2) is 0 Å². The van der Waals surface area contributed by atoms with Gasteiger partial charge in [0.1, 0.15) is 5.76 Å². The first-order valence-corrected chi connectivity index (χ1v) is 9.41. The summed E-state index contributed by atoms with van der Waals surface area (Å²) in [6.07, 6.45) is 1.50. The SMILES string of the molecule is CCN(C(=O)c1ccc2c(c1)C(=O)N(Cc1ccco1)C2=O)c1ccccc1C. The van der Waals surface area contributed by atoms with Crippen LogP contribution in [-0.2, 0) is 6.54 Å². The van der Waals surface area contributed by atoms with Gasteiger partial charge in [-0.05, 0) is 55.8 Å². The number of fused-ring (bicyclic) bond motifs is 1. The number of aryl methyl sites for hydroxylation is 1. The lowest BCUT2D eigenvalue weighted by molar-refractivity contribution is 0.0631. The Hall–Kier alpha value is -3.67. The normalized spacial score (nSPS) is 13.0. The van der Waals surface area contributed by atoms with E-state index in [4.69, 9.17) is 4.42 Å². The van der Waals surface area contributed by atoms with E-state index >= 15 is 0 Å². The molecule has 3 aromatic rings. The summed E-state index contributed by atoms with van der Waals surface area (Å²) in [4.78, 5) is 41.4. The van der Waals surface area contributed by atoms with Crippen LogP contribution in [0, 0.1) is 6.92 Å². The summed E-state index contributed by atoms with van der Waals surface area (Å²) in [7, 11) is 0. The fourth-order valence-corrected chi connectivity index (χ4v) is 3.57. The van der Waals surface area contributed by atoms with Crippen molar-refractivity contribution in [2.75, 3.05) is 11.4 Å². The van der Waals surface area contributed by atoms with Crippen LogP contribution in [0.15, 0.2) is 65.3 Å². The molecule has 0 fully saturated rings. The predicted molar refractivity (Wildman–Crippen MR) is 108 cm³/mol. The average Bonchev–Trinajstić information content (AvgIpc) is 3.33. The van der Waals surface area contributed by atoms with E-state index in [0.717, 1.165) is 16.2 Å². The number of hydrogen-bond acceptors (Lipinski definition) is 4. The molecule has 146 valence electrons. The third-order valence-electron chi connectivity index (χ3n) is 5.08. The Labute approximate surface area is 168 Å². The van der Waals surface area contributed by atoms with E-state index in [9.17, 15) is 14.4 Å². The van der Waals surface area contributed by atoms with E-state index in [2.05, 4.69) is 0 Å². The first-order valence-electron chi connectivity index (χ1n) is 9.41. The summed E-state index contributed by atoms with van der Waals surface area (Å²) in [6, 6.07) is 15.7. The van der Waals surface area contributed by atoms with Gasteiger partial charge in [0, 0.05) is 17.8 Å². The molecule has 0 saturated carbocycles. The maximum atomic E-state index is 13.2. The molecule has 29 heavy (non-hydrogen) atoms. The van der Waals surface area contributed by atoms with Crippen LogP contribution >= 0.6 is 0 Å². The fraction of sp³-hybridized carbons (Fsp3) is 0.174. The Balaban J connectivity index is 1.65. The van der Waals surface area contributed by atoms with Crippen molar-refractivity contribution in [1.29, 1.82) is 0 Å². The highest BCUT2D eigenvalue weighted by molar-refractivity contribution is 6.22. The Morgan fingerprint density at radius 2 is 1.76 bits per heavy atom. The maximum absolute atomic E-state index is 13.2. The molecule has 0 atom stereocenters. The first-order chi connectivity index (χ1) is 14.0. The second kappa shape index (κ2) is 7.39. The molecule has 1 aromatic heterocycles. The number of benzene rings is 2. The number of imide groups is 1. The molecule has 2 aromatic carbocycles. The summed E-state index contributed by atoms with van der Waals surface area (Å²) in [5.41, 5.74) is 2.72. The quantitative estimate of drug-likeness (QED) is 0.618. The number of para-hydroxylation sites is 1. The standard InChI is InChI=1S/C23H20N2O4/c1-3-24(20-9-5-4-7-15(20)2)21(26)16-10-11-18-19(13-16)23(28)25(22(18)27)14-17-8-6-12-29-17/h4-13H,3,14H2,1-2H3. The van der Waals surface area contributed by atoms with Gasteiger partial charge in [0.05, 0.1) is 23.9 Å². The van der Waals surface area contributed by atoms with Gasteiger partial charge in [0.2, 0.25) is 0 Å². The lowest BCUT2D eigenvalue weighted by atomic mass is 10.0. The van der Waals surface area contributed by atoms with Crippen molar-refractivity contribution >= 4 is 23.4 Å². The molecule has 0 aliphatic carbocycles. The minimum Gasteiger partial charge on any atom is -0.467 e. The van der Waals surface area contributed by atoms with Crippen LogP contribution in [0.5, 0.6) is 0 Å². The first kappa shape index (κ1) is 18.7. The molecule has 6 nitrogen and oxygen atoms in total. The molecule has 6 heteroatoms. The molecule has 0 N–H and O–H groups in total. The van der Waals surface area contributed by atoms with E-state index in [1.807, 2.05) is 38.1 Å². The molecular weight excluding hydrogens is 368 g/mol. The molecule has 0 unspecified atom stereocenters. The van der Waals surface area contributed by atoms with E-state index in [-0.39, 0.29) is 23.9 Å². The largest absolute Gasteiger partial charge is 0.467 e. The number of nitrogens with zero attached hydrogens (tertiary/aromatic N) is 2. The average molecular weight is 388 g/mol. The highest BCUT2D eigenvalue weighted by Gasteiger charge is 2.36. The summed E-state index contributed by atoms with van der Waals surface area (Å²) < 4.78 is 5.25. The van der Waals surface area contributed by atoms with E-state index in [1.165, 1.54) is 12.3 Å². The van der Waals surface area contributed by atoms with Crippen molar-refractivity contribution in [1.82, 2.24) is 4.90 Å². The van der Waals surface area contributed by atoms with Crippen LogP contribution in [0.2, 0.25) is 0 Å². The van der Waals surface area contributed by atoms with Crippen LogP contribution in [0.25, 0.3) is 0 Å². The van der Waals surface area contributed by atoms with Gasteiger partial charge >= 0.3 is 0 Å². The Bertz CT molecular complexity index is 1100. The van der Waals surface area contributed by atoms with Gasteiger partial charge in [-0.2, -0.15) is 0 Å². The third kappa shape index (κ3) is 3.23. The zero-order valence-electron chi connectivity index (χ0n) is 16.2. The van der Waals surface area contributed by atoms with E-state index < -0.39 is 5.91 Å². The molecule has 1 aliphatic rings. The van der Waals surface area contributed by atoms with Crippen molar-refractivity contribution in [3.63, 3.8) is 0 Å². The highest BCUT2D eigenvalue weighted by atomic mass is 16.3. The third-order valence-corrected chi connectivity index (χ3v) is 5.08. The molecule has 2 heterocycles. The van der Waals surface area contributed by atoms with Crippen LogP contribution in [0.1, 0.15) is 49.3 Å². The van der Waals surface area contributed by atoms with Crippen LogP contribution in [0.4, 0.5) is 5.69 Å². The molecule has 0 spiro atoms. The summed E-state index contributed by atoms with van der Waals surface area (Å²) in [5, 5.41) is 0. The number of carbonyl (C=O) groups is 3. The molecule has 4 rings (SSSR count). The number of furan rings is 1. The van der Waals surface area contributed by atoms with Crippen molar-refractivity contribution < 1.29 is 18.8 Å². The number of anilines is 1. The topological polar surface area (TPSA) is 70.8 Å². The van der Waals surface area contributed by atoms with Gasteiger partial charge in [-0.15, -0.1) is 0 Å². The Morgan fingerprint density at radius 3 is 2.45 bits per heavy atom. The summed E-state index contributed by atoms with van der Waals surface area (Å²) in [6.45, 7) is 4.39. The lowest BCUT2D eigenvalue weighted by Crippen LogP contribution is -2.31. The van der Waals surface area contributed by atoms with Crippen molar-refractivity contribution in [3.8, 4) is 0 Å². The second-order valence-corrected chi connectivity index (χ2v) is 6.87. The molecule has 3 amide bonds. The smallest absolute Gasteiger partial charge is 0.261 e. The van der Waals surface area contributed by atoms with E-state index in [1.54, 1.807) is 29.2 Å². The number of hydrogen-bond donors (Lipinski definition) is 0. The van der Waals surface area contributed by atoms with E-state index in [0.29, 0.717) is 23.4 Å². The number of rotatable bonds is 5. The van der Waals surface area contributed by atoms with Crippen molar-refractivity contribution in [2.45, 2.75) is 20.4 Å². The zero-order valence-corrected chi connectivity index (χ0v) is 16.2. The van der Waals surface area contributed by atoms with Gasteiger partial charge < -0.3 is 9.32 Å². The lowest BCUT2D eigenvalue weighted by Gasteiger charge is -2.23. The second-order valence-electron chi connectivity index (χ2n) is 6.87. The predicted octanol–water partition coefficient (Wildman–Crippen LogP) is 4.05. The van der Waals surface area contributed by atoms with Gasteiger partial charge in [-0.1, -0.05) is 18.2 Å². The Morgan fingerprint density at radius 1 is 1.00 bits per heavy atom. The number of carbonyl (C=O) groups excluding carboxylic acids is 3. The minimum atomic E-state index is -0.421. The highest BCUT2D eigenvalue weighted by Crippen LogP contribution is 2.27. The molecule has 0 bridgehead atoms. The van der Waals surface area contributed by atoms with Crippen LogP contribution in [0.3, 0.4) is 0 Å². The maximum Gasteiger partial charge on any atom is 0.261 e.